The number of hydrogen-bond donors (Lipinski definition) is 1. The maximum absolute atomic E-state index is 12.5. The largest absolute Gasteiger partial charge is 0.462 e. The lowest BCUT2D eigenvalue weighted by atomic mass is 10.1. The zero-order chi connectivity index (χ0) is 22.5. The van der Waals surface area contributed by atoms with Gasteiger partial charge in [0.2, 0.25) is 5.91 Å². The summed E-state index contributed by atoms with van der Waals surface area (Å²) in [5.74, 6) is -0.169. The van der Waals surface area contributed by atoms with Crippen molar-refractivity contribution in [1.82, 2.24) is 25.0 Å². The number of fused-ring (bicyclic) bond motifs is 1. The van der Waals surface area contributed by atoms with Crippen LogP contribution in [0.2, 0.25) is 5.02 Å². The van der Waals surface area contributed by atoms with Crippen LogP contribution in [0.1, 0.15) is 42.2 Å². The van der Waals surface area contributed by atoms with E-state index < -0.39 is 5.97 Å². The van der Waals surface area contributed by atoms with Gasteiger partial charge in [-0.1, -0.05) is 11.6 Å². The number of hydrogen-bond acceptors (Lipinski definition) is 6. The summed E-state index contributed by atoms with van der Waals surface area (Å²) in [6.07, 6.45) is 5.68. The fraction of sp³-hybridized carbons (Fsp3) is 0.391. The highest BCUT2D eigenvalue weighted by Crippen LogP contribution is 2.25. The molecule has 1 aromatic carbocycles. The molecule has 9 heteroatoms. The number of carbonyl (C=O) groups excluding carboxylic acids is 2. The van der Waals surface area contributed by atoms with Gasteiger partial charge in [0, 0.05) is 42.7 Å². The fourth-order valence-electron chi connectivity index (χ4n) is 3.96. The molecule has 3 heterocycles. The van der Waals surface area contributed by atoms with E-state index in [2.05, 4.69) is 15.4 Å². The van der Waals surface area contributed by atoms with Gasteiger partial charge in [-0.2, -0.15) is 5.10 Å². The Morgan fingerprint density at radius 3 is 2.97 bits per heavy atom. The number of likely N-dealkylation sites (tertiary alicyclic amines) is 1. The van der Waals surface area contributed by atoms with Gasteiger partial charge in [-0.05, 0) is 50.6 Å². The summed E-state index contributed by atoms with van der Waals surface area (Å²) in [5.41, 5.74) is 2.69. The summed E-state index contributed by atoms with van der Waals surface area (Å²) in [6.45, 7) is 4.80. The van der Waals surface area contributed by atoms with Crippen LogP contribution in [0, 0.1) is 0 Å². The summed E-state index contributed by atoms with van der Waals surface area (Å²) < 4.78 is 6.98. The lowest BCUT2D eigenvalue weighted by Crippen LogP contribution is -2.28. The first-order valence-corrected chi connectivity index (χ1v) is 11.2. The molecule has 1 amide bonds. The molecule has 1 aliphatic heterocycles. The van der Waals surface area contributed by atoms with Crippen molar-refractivity contribution >= 4 is 34.4 Å². The van der Waals surface area contributed by atoms with Crippen LogP contribution in [-0.2, 0) is 16.1 Å². The number of ether oxygens (including phenoxy) is 1. The van der Waals surface area contributed by atoms with Gasteiger partial charge in [0.15, 0.2) is 0 Å². The molecule has 0 unspecified atom stereocenters. The zero-order valence-corrected chi connectivity index (χ0v) is 18.8. The van der Waals surface area contributed by atoms with Crippen molar-refractivity contribution in [2.75, 3.05) is 26.2 Å². The van der Waals surface area contributed by atoms with Crippen molar-refractivity contribution in [2.45, 2.75) is 32.7 Å². The molecule has 1 fully saturated rings. The first-order valence-electron chi connectivity index (χ1n) is 10.9. The van der Waals surface area contributed by atoms with Crippen LogP contribution in [0.3, 0.4) is 0 Å². The molecular weight excluding hydrogens is 430 g/mol. The zero-order valence-electron chi connectivity index (χ0n) is 18.0. The summed E-state index contributed by atoms with van der Waals surface area (Å²) in [4.78, 5) is 30.6. The smallest absolute Gasteiger partial charge is 0.341 e. The molecule has 1 saturated heterocycles. The lowest BCUT2D eigenvalue weighted by molar-refractivity contribution is -0.127. The molecule has 32 heavy (non-hydrogen) atoms. The molecule has 3 aromatic rings. The minimum absolute atomic E-state index is 0.234. The number of aromatic nitrogens is 3. The maximum Gasteiger partial charge on any atom is 0.341 e. The minimum Gasteiger partial charge on any atom is -0.462 e. The van der Waals surface area contributed by atoms with Crippen LogP contribution >= 0.6 is 11.6 Å². The van der Waals surface area contributed by atoms with Gasteiger partial charge in [0.1, 0.15) is 5.56 Å². The summed E-state index contributed by atoms with van der Waals surface area (Å²) in [7, 11) is 0. The molecule has 0 spiro atoms. The van der Waals surface area contributed by atoms with Crippen molar-refractivity contribution in [3.05, 3.63) is 52.9 Å². The molecule has 1 N–H and O–H groups in total. The first kappa shape index (κ1) is 22.2. The van der Waals surface area contributed by atoms with Crippen LogP contribution in [0.5, 0.6) is 0 Å². The Labute approximate surface area is 191 Å². The number of rotatable bonds is 9. The van der Waals surface area contributed by atoms with E-state index in [1.165, 1.54) is 0 Å². The first-order chi connectivity index (χ1) is 15.6. The quantitative estimate of drug-likeness (QED) is 0.393. The normalized spacial score (nSPS) is 13.8. The van der Waals surface area contributed by atoms with Crippen molar-refractivity contribution in [3.8, 4) is 5.69 Å². The third-order valence-electron chi connectivity index (χ3n) is 5.52. The standard InChI is InChI=1S/C23H26ClN5O3/c1-2-32-23(31)18-14-27-29(20-8-10-26-19-13-16(24)6-7-17(19)20)21(18)15-25-9-4-12-28-11-3-5-22(28)30/h6-8,10,13-14,25H,2-5,9,11-12,15H2,1H3. The van der Waals surface area contributed by atoms with E-state index in [1.54, 1.807) is 30.1 Å². The highest BCUT2D eigenvalue weighted by Gasteiger charge is 2.21. The van der Waals surface area contributed by atoms with E-state index in [4.69, 9.17) is 16.3 Å². The number of amides is 1. The van der Waals surface area contributed by atoms with Crippen LogP contribution in [0.15, 0.2) is 36.7 Å². The summed E-state index contributed by atoms with van der Waals surface area (Å²) in [6, 6.07) is 7.37. The summed E-state index contributed by atoms with van der Waals surface area (Å²) >= 11 is 6.12. The number of pyridine rings is 1. The highest BCUT2D eigenvalue weighted by atomic mass is 35.5. The van der Waals surface area contributed by atoms with Gasteiger partial charge in [0.25, 0.3) is 0 Å². The van der Waals surface area contributed by atoms with Crippen LogP contribution in [-0.4, -0.2) is 57.8 Å². The second-order valence-electron chi connectivity index (χ2n) is 7.64. The predicted octanol–water partition coefficient (Wildman–Crippen LogP) is 3.35. The van der Waals surface area contributed by atoms with E-state index in [-0.39, 0.29) is 12.5 Å². The molecule has 0 bridgehead atoms. The Hall–Kier alpha value is -2.97. The minimum atomic E-state index is -0.403. The van der Waals surface area contributed by atoms with E-state index in [0.29, 0.717) is 35.8 Å². The van der Waals surface area contributed by atoms with Gasteiger partial charge in [0.05, 0.1) is 29.7 Å². The third-order valence-corrected chi connectivity index (χ3v) is 5.75. The summed E-state index contributed by atoms with van der Waals surface area (Å²) in [5, 5.41) is 9.37. The monoisotopic (exact) mass is 455 g/mol. The molecule has 2 aromatic heterocycles. The average Bonchev–Trinajstić information content (AvgIpc) is 3.39. The molecule has 8 nitrogen and oxygen atoms in total. The van der Waals surface area contributed by atoms with E-state index in [1.807, 2.05) is 23.1 Å². The van der Waals surface area contributed by atoms with Gasteiger partial charge in [-0.3, -0.25) is 9.78 Å². The number of carbonyl (C=O) groups is 2. The number of halogens is 1. The number of nitrogens with zero attached hydrogens (tertiary/aromatic N) is 4. The van der Waals surface area contributed by atoms with Crippen molar-refractivity contribution in [3.63, 3.8) is 0 Å². The van der Waals surface area contributed by atoms with E-state index in [0.717, 1.165) is 42.5 Å². The number of esters is 1. The van der Waals surface area contributed by atoms with Crippen LogP contribution in [0.4, 0.5) is 0 Å². The van der Waals surface area contributed by atoms with Gasteiger partial charge < -0.3 is 15.0 Å². The fourth-order valence-corrected chi connectivity index (χ4v) is 4.13. The van der Waals surface area contributed by atoms with E-state index >= 15 is 0 Å². The molecule has 168 valence electrons. The van der Waals surface area contributed by atoms with E-state index in [9.17, 15) is 9.59 Å². The topological polar surface area (TPSA) is 89.3 Å². The number of benzene rings is 1. The molecule has 4 rings (SSSR count). The third kappa shape index (κ3) is 4.76. The SMILES string of the molecule is CCOC(=O)c1cnn(-c2ccnc3cc(Cl)ccc23)c1CNCCCN1CCCC1=O. The molecular formula is C23H26ClN5O3. The lowest BCUT2D eigenvalue weighted by Gasteiger charge is -2.16. The Morgan fingerprint density at radius 1 is 1.31 bits per heavy atom. The Balaban J connectivity index is 1.55. The van der Waals surface area contributed by atoms with Gasteiger partial charge in [-0.25, -0.2) is 9.48 Å². The number of nitrogens with one attached hydrogen (secondary N) is 1. The Bertz CT molecular complexity index is 1130. The van der Waals surface area contributed by atoms with Gasteiger partial charge in [-0.15, -0.1) is 0 Å². The molecule has 0 saturated carbocycles. The van der Waals surface area contributed by atoms with Crippen LogP contribution < -0.4 is 5.32 Å². The van der Waals surface area contributed by atoms with Crippen molar-refractivity contribution < 1.29 is 14.3 Å². The average molecular weight is 456 g/mol. The Morgan fingerprint density at radius 2 is 2.19 bits per heavy atom. The molecule has 0 radical (unpaired) electrons. The second-order valence-corrected chi connectivity index (χ2v) is 8.08. The van der Waals surface area contributed by atoms with Crippen molar-refractivity contribution in [2.24, 2.45) is 0 Å². The highest BCUT2D eigenvalue weighted by molar-refractivity contribution is 6.31. The molecule has 0 aliphatic carbocycles. The van der Waals surface area contributed by atoms with Crippen molar-refractivity contribution in [1.29, 1.82) is 0 Å². The Kier molecular flexibility index (Phi) is 7.02. The maximum atomic E-state index is 12.5. The molecule has 1 aliphatic rings. The van der Waals surface area contributed by atoms with Crippen LogP contribution in [0.25, 0.3) is 16.6 Å². The second kappa shape index (κ2) is 10.1. The predicted molar refractivity (Wildman–Crippen MR) is 122 cm³/mol. The van der Waals surface area contributed by atoms with Gasteiger partial charge >= 0.3 is 5.97 Å². The molecule has 0 atom stereocenters.